The zero-order valence-corrected chi connectivity index (χ0v) is 8.40. The lowest BCUT2D eigenvalue weighted by Gasteiger charge is -2.12. The first-order chi connectivity index (χ1) is 6.76. The molecule has 0 aliphatic carbocycles. The molecule has 0 bridgehead atoms. The third-order valence-corrected chi connectivity index (χ3v) is 1.87. The topological polar surface area (TPSA) is 47.9 Å². The third kappa shape index (κ3) is 1.90. The summed E-state index contributed by atoms with van der Waals surface area (Å²) in [6.45, 7) is 0.959. The summed E-state index contributed by atoms with van der Waals surface area (Å²) in [7, 11) is 4.60. The van der Waals surface area contributed by atoms with E-state index in [4.69, 9.17) is 19.3 Å². The Kier molecular flexibility index (Phi) is 3.59. The summed E-state index contributed by atoms with van der Waals surface area (Å²) in [5, 5.41) is 8.93. The first-order valence-corrected chi connectivity index (χ1v) is 4.04. The van der Waals surface area contributed by atoms with Gasteiger partial charge in [0.1, 0.15) is 12.4 Å². The smallest absolute Gasteiger partial charge is 0.164 e. The quantitative estimate of drug-likeness (QED) is 0.796. The summed E-state index contributed by atoms with van der Waals surface area (Å²) < 4.78 is 15.2. The molecule has 0 aliphatic rings. The molecule has 0 aliphatic heterocycles. The second kappa shape index (κ2) is 4.72. The highest BCUT2D eigenvalue weighted by Gasteiger charge is 2.10. The highest BCUT2D eigenvalue weighted by atomic mass is 16.5. The molecule has 4 heteroatoms. The minimum absolute atomic E-state index is 0.533. The maximum atomic E-state index is 8.93. The fourth-order valence-electron chi connectivity index (χ4n) is 1.15. The Morgan fingerprint density at radius 2 is 1.43 bits per heavy atom. The van der Waals surface area contributed by atoms with Crippen molar-refractivity contribution in [1.29, 1.82) is 0 Å². The van der Waals surface area contributed by atoms with E-state index in [-0.39, 0.29) is 0 Å². The average Bonchev–Trinajstić information content (AvgIpc) is 2.26. The molecule has 0 amide bonds. The minimum atomic E-state index is 0.533. The van der Waals surface area contributed by atoms with Crippen LogP contribution in [0.3, 0.4) is 0 Å². The van der Waals surface area contributed by atoms with Crippen LogP contribution in [0.25, 0.3) is 0 Å². The lowest BCUT2D eigenvalue weighted by Crippen LogP contribution is -1.96. The van der Waals surface area contributed by atoms with E-state index in [1.165, 1.54) is 14.2 Å². The summed E-state index contributed by atoms with van der Waals surface area (Å²) >= 11 is 0. The fourth-order valence-corrected chi connectivity index (χ4v) is 1.15. The molecular weight excluding hydrogens is 184 g/mol. The predicted molar refractivity (Wildman–Crippen MR) is 51.4 cm³/mol. The standard InChI is InChI=1S/C10H13O4/c1-12-8-5-10(14-3)9(13-2)4-7(8)6-11/h4-6,11H,1-3H3. The van der Waals surface area contributed by atoms with E-state index in [1.54, 1.807) is 19.2 Å². The summed E-state index contributed by atoms with van der Waals surface area (Å²) in [4.78, 5) is 0. The van der Waals surface area contributed by atoms with Crippen LogP contribution in [0.15, 0.2) is 12.1 Å². The summed E-state index contributed by atoms with van der Waals surface area (Å²) in [6, 6.07) is 3.29. The van der Waals surface area contributed by atoms with Gasteiger partial charge in [0.25, 0.3) is 0 Å². The van der Waals surface area contributed by atoms with Crippen molar-refractivity contribution in [2.45, 2.75) is 0 Å². The van der Waals surface area contributed by atoms with Gasteiger partial charge in [0.15, 0.2) is 11.5 Å². The molecule has 4 nitrogen and oxygen atoms in total. The van der Waals surface area contributed by atoms with E-state index in [2.05, 4.69) is 0 Å². The predicted octanol–water partition coefficient (Wildman–Crippen LogP) is 1.59. The monoisotopic (exact) mass is 197 g/mol. The third-order valence-electron chi connectivity index (χ3n) is 1.87. The maximum Gasteiger partial charge on any atom is 0.164 e. The number of methoxy groups -OCH3 is 3. The van der Waals surface area contributed by atoms with Crippen molar-refractivity contribution in [3.63, 3.8) is 0 Å². The van der Waals surface area contributed by atoms with Crippen molar-refractivity contribution in [3.05, 3.63) is 24.3 Å². The zero-order valence-electron chi connectivity index (χ0n) is 8.40. The number of aliphatic hydroxyl groups is 1. The molecular formula is C10H13O4. The van der Waals surface area contributed by atoms with Crippen molar-refractivity contribution in [2.24, 2.45) is 0 Å². The first kappa shape index (κ1) is 10.7. The summed E-state index contributed by atoms with van der Waals surface area (Å²) in [5.41, 5.74) is 0.546. The van der Waals surface area contributed by atoms with Gasteiger partial charge in [0.05, 0.1) is 21.3 Å². The molecule has 0 unspecified atom stereocenters. The molecule has 1 radical (unpaired) electrons. The second-order valence-electron chi connectivity index (χ2n) is 2.58. The number of hydrogen-bond acceptors (Lipinski definition) is 4. The number of hydrogen-bond donors (Lipinski definition) is 1. The van der Waals surface area contributed by atoms with Gasteiger partial charge in [-0.15, -0.1) is 0 Å². The van der Waals surface area contributed by atoms with Crippen molar-refractivity contribution < 1.29 is 19.3 Å². The van der Waals surface area contributed by atoms with Crippen LogP contribution >= 0.6 is 0 Å². The molecule has 0 aromatic heterocycles. The highest BCUT2D eigenvalue weighted by Crippen LogP contribution is 2.34. The van der Waals surface area contributed by atoms with E-state index in [0.717, 1.165) is 6.61 Å². The first-order valence-electron chi connectivity index (χ1n) is 4.04. The molecule has 0 atom stereocenters. The summed E-state index contributed by atoms with van der Waals surface area (Å²) in [5.74, 6) is 1.65. The number of aliphatic hydroxyl groups excluding tert-OH is 1. The van der Waals surface area contributed by atoms with Gasteiger partial charge in [-0.3, -0.25) is 0 Å². The molecule has 0 saturated carbocycles. The van der Waals surface area contributed by atoms with Gasteiger partial charge in [-0.25, -0.2) is 0 Å². The molecule has 1 aromatic rings. The van der Waals surface area contributed by atoms with E-state index in [1.807, 2.05) is 0 Å². The van der Waals surface area contributed by atoms with Gasteiger partial charge in [-0.05, 0) is 6.07 Å². The van der Waals surface area contributed by atoms with Crippen LogP contribution in [0, 0.1) is 6.61 Å². The molecule has 0 spiro atoms. The van der Waals surface area contributed by atoms with Gasteiger partial charge in [0, 0.05) is 11.6 Å². The normalized spacial score (nSPS) is 9.71. The van der Waals surface area contributed by atoms with Crippen molar-refractivity contribution in [1.82, 2.24) is 0 Å². The van der Waals surface area contributed by atoms with Gasteiger partial charge in [-0.2, -0.15) is 0 Å². The Morgan fingerprint density at radius 3 is 1.86 bits per heavy atom. The summed E-state index contributed by atoms with van der Waals surface area (Å²) in [6.07, 6.45) is 0. The minimum Gasteiger partial charge on any atom is -0.496 e. The SMILES string of the molecule is COc1cc(OC)c(OC)cc1[CH]O. The lowest BCUT2D eigenvalue weighted by atomic mass is 10.2. The number of rotatable bonds is 4. The van der Waals surface area contributed by atoms with Gasteiger partial charge in [-0.1, -0.05) is 0 Å². The molecule has 0 heterocycles. The van der Waals surface area contributed by atoms with E-state index >= 15 is 0 Å². The van der Waals surface area contributed by atoms with E-state index in [9.17, 15) is 0 Å². The largest absolute Gasteiger partial charge is 0.496 e. The molecule has 1 N–H and O–H groups in total. The lowest BCUT2D eigenvalue weighted by molar-refractivity contribution is 0.344. The zero-order chi connectivity index (χ0) is 10.6. The van der Waals surface area contributed by atoms with Crippen molar-refractivity contribution >= 4 is 0 Å². The Balaban J connectivity index is 3.20. The van der Waals surface area contributed by atoms with Gasteiger partial charge >= 0.3 is 0 Å². The van der Waals surface area contributed by atoms with Crippen LogP contribution in [0.2, 0.25) is 0 Å². The second-order valence-corrected chi connectivity index (χ2v) is 2.58. The Labute approximate surface area is 83.0 Å². The average molecular weight is 197 g/mol. The number of ether oxygens (including phenoxy) is 3. The van der Waals surface area contributed by atoms with Crippen LogP contribution in [0.4, 0.5) is 0 Å². The van der Waals surface area contributed by atoms with Gasteiger partial charge < -0.3 is 19.3 Å². The molecule has 1 rings (SSSR count). The number of benzene rings is 1. The molecule has 14 heavy (non-hydrogen) atoms. The maximum absolute atomic E-state index is 8.93. The Morgan fingerprint density at radius 1 is 0.929 bits per heavy atom. The molecule has 0 fully saturated rings. The Hall–Kier alpha value is -1.42. The van der Waals surface area contributed by atoms with Crippen LogP contribution in [-0.2, 0) is 0 Å². The van der Waals surface area contributed by atoms with Crippen LogP contribution < -0.4 is 14.2 Å². The van der Waals surface area contributed by atoms with Crippen LogP contribution in [0.1, 0.15) is 5.56 Å². The Bertz CT molecular complexity index is 251. The van der Waals surface area contributed by atoms with E-state index in [0.29, 0.717) is 22.8 Å². The van der Waals surface area contributed by atoms with Crippen LogP contribution in [0.5, 0.6) is 17.2 Å². The molecule has 0 saturated heterocycles. The van der Waals surface area contributed by atoms with E-state index < -0.39 is 0 Å². The fraction of sp³-hybridized carbons (Fsp3) is 0.300. The molecule has 1 aromatic carbocycles. The molecule has 77 valence electrons. The van der Waals surface area contributed by atoms with Crippen molar-refractivity contribution in [3.8, 4) is 17.2 Å². The van der Waals surface area contributed by atoms with Crippen molar-refractivity contribution in [2.75, 3.05) is 21.3 Å². The van der Waals surface area contributed by atoms with Crippen LogP contribution in [-0.4, -0.2) is 26.4 Å². The highest BCUT2D eigenvalue weighted by molar-refractivity contribution is 5.52. The van der Waals surface area contributed by atoms with Gasteiger partial charge in [0.2, 0.25) is 0 Å².